The molecular formula is C20H20FN3O2. The van der Waals surface area contributed by atoms with Crippen LogP contribution in [0.1, 0.15) is 34.7 Å². The molecule has 134 valence electrons. The van der Waals surface area contributed by atoms with Crippen LogP contribution in [-0.2, 0) is 13.7 Å². The minimum absolute atomic E-state index is 0.225. The molecule has 0 bridgehead atoms. The van der Waals surface area contributed by atoms with Gasteiger partial charge in [-0.1, -0.05) is 12.1 Å². The van der Waals surface area contributed by atoms with Gasteiger partial charge in [-0.3, -0.25) is 4.79 Å². The van der Waals surface area contributed by atoms with Crippen LogP contribution in [0.25, 0.3) is 0 Å². The lowest BCUT2D eigenvalue weighted by Crippen LogP contribution is -2.26. The van der Waals surface area contributed by atoms with Crippen LogP contribution in [0.15, 0.2) is 60.9 Å². The summed E-state index contributed by atoms with van der Waals surface area (Å²) in [5.74, 6) is 0.925. The first-order valence-corrected chi connectivity index (χ1v) is 8.28. The van der Waals surface area contributed by atoms with Crippen LogP contribution < -0.4 is 10.1 Å². The number of halogens is 1. The Labute approximate surface area is 151 Å². The van der Waals surface area contributed by atoms with E-state index in [1.54, 1.807) is 42.6 Å². The molecule has 3 rings (SSSR count). The molecule has 0 radical (unpaired) electrons. The van der Waals surface area contributed by atoms with E-state index in [0.717, 1.165) is 5.82 Å². The summed E-state index contributed by atoms with van der Waals surface area (Å²) in [4.78, 5) is 16.5. The van der Waals surface area contributed by atoms with Crippen molar-refractivity contribution in [2.45, 2.75) is 19.6 Å². The minimum Gasteiger partial charge on any atom is -0.486 e. The van der Waals surface area contributed by atoms with Crippen LogP contribution in [0.3, 0.4) is 0 Å². The summed E-state index contributed by atoms with van der Waals surface area (Å²) in [6.45, 7) is 2.17. The standard InChI is InChI=1S/C20H20FN3O2/c1-14(16-4-3-5-17(21)12-16)23-20(25)15-6-8-18(9-7-15)26-13-19-22-10-11-24(19)2/h3-12,14H,13H2,1-2H3,(H,23,25)/t14-/m0/s1. The van der Waals surface area contributed by atoms with Crippen molar-refractivity contribution in [3.05, 3.63) is 83.7 Å². The molecule has 1 atom stereocenters. The van der Waals surface area contributed by atoms with Crippen molar-refractivity contribution in [1.29, 1.82) is 0 Å². The van der Waals surface area contributed by atoms with Gasteiger partial charge in [0.1, 0.15) is 24.0 Å². The first-order valence-electron chi connectivity index (χ1n) is 8.28. The van der Waals surface area contributed by atoms with Gasteiger partial charge in [-0.2, -0.15) is 0 Å². The molecule has 0 fully saturated rings. The third-order valence-corrected chi connectivity index (χ3v) is 4.10. The van der Waals surface area contributed by atoms with Gasteiger partial charge in [0.05, 0.1) is 6.04 Å². The van der Waals surface area contributed by atoms with E-state index >= 15 is 0 Å². The molecule has 0 unspecified atom stereocenters. The van der Waals surface area contributed by atoms with E-state index in [2.05, 4.69) is 10.3 Å². The van der Waals surface area contributed by atoms with Crippen LogP contribution in [0.2, 0.25) is 0 Å². The van der Waals surface area contributed by atoms with Crippen LogP contribution in [0.5, 0.6) is 5.75 Å². The van der Waals surface area contributed by atoms with Crippen molar-refractivity contribution in [3.63, 3.8) is 0 Å². The molecule has 0 aliphatic rings. The molecule has 1 amide bonds. The molecule has 1 aromatic heterocycles. The van der Waals surface area contributed by atoms with E-state index in [4.69, 9.17) is 4.74 Å². The first-order chi connectivity index (χ1) is 12.5. The zero-order valence-corrected chi connectivity index (χ0v) is 14.6. The van der Waals surface area contributed by atoms with Crippen molar-refractivity contribution >= 4 is 5.91 Å². The highest BCUT2D eigenvalue weighted by Gasteiger charge is 2.12. The van der Waals surface area contributed by atoms with Crippen LogP contribution in [-0.4, -0.2) is 15.5 Å². The minimum atomic E-state index is -0.321. The Hall–Kier alpha value is -3.15. The molecule has 1 heterocycles. The predicted octanol–water partition coefficient (Wildman–Crippen LogP) is 3.63. The predicted molar refractivity (Wildman–Crippen MR) is 96.3 cm³/mol. The lowest BCUT2D eigenvalue weighted by molar-refractivity contribution is 0.0939. The van der Waals surface area contributed by atoms with Gasteiger partial charge in [-0.05, 0) is 48.9 Å². The number of aryl methyl sites for hydroxylation is 1. The Morgan fingerprint density at radius 1 is 1.27 bits per heavy atom. The van der Waals surface area contributed by atoms with Crippen molar-refractivity contribution in [2.24, 2.45) is 7.05 Å². The molecular weight excluding hydrogens is 333 g/mol. The van der Waals surface area contributed by atoms with Gasteiger partial charge in [-0.25, -0.2) is 9.37 Å². The third kappa shape index (κ3) is 4.27. The summed E-state index contributed by atoms with van der Waals surface area (Å²) in [6.07, 6.45) is 3.57. The Morgan fingerprint density at radius 3 is 2.69 bits per heavy atom. The molecule has 5 nitrogen and oxygen atoms in total. The Balaban J connectivity index is 1.59. The summed E-state index contributed by atoms with van der Waals surface area (Å²) in [5, 5.41) is 2.86. The van der Waals surface area contributed by atoms with E-state index in [0.29, 0.717) is 23.5 Å². The first kappa shape index (κ1) is 17.7. The molecule has 0 spiro atoms. The molecule has 0 saturated heterocycles. The average molecular weight is 353 g/mol. The number of benzene rings is 2. The van der Waals surface area contributed by atoms with Crippen molar-refractivity contribution < 1.29 is 13.9 Å². The molecule has 6 heteroatoms. The summed E-state index contributed by atoms with van der Waals surface area (Å²) < 4.78 is 20.9. The van der Waals surface area contributed by atoms with Crippen LogP contribution in [0.4, 0.5) is 4.39 Å². The molecule has 0 aliphatic heterocycles. The molecule has 0 aliphatic carbocycles. The number of hydrogen-bond donors (Lipinski definition) is 1. The number of amides is 1. The smallest absolute Gasteiger partial charge is 0.251 e. The number of carbonyl (C=O) groups excluding carboxylic acids is 1. The summed E-state index contributed by atoms with van der Waals surface area (Å²) in [7, 11) is 1.90. The van der Waals surface area contributed by atoms with E-state index in [1.807, 2.05) is 24.7 Å². The second-order valence-corrected chi connectivity index (χ2v) is 6.02. The van der Waals surface area contributed by atoms with Gasteiger partial charge in [0, 0.05) is 25.0 Å². The fourth-order valence-corrected chi connectivity index (χ4v) is 2.53. The molecule has 1 N–H and O–H groups in total. The van der Waals surface area contributed by atoms with Crippen LogP contribution >= 0.6 is 0 Å². The number of nitrogens with zero attached hydrogens (tertiary/aromatic N) is 2. The molecule has 26 heavy (non-hydrogen) atoms. The Bertz CT molecular complexity index is 890. The van der Waals surface area contributed by atoms with Gasteiger partial charge < -0.3 is 14.6 Å². The lowest BCUT2D eigenvalue weighted by atomic mass is 10.1. The molecule has 3 aromatic rings. The summed E-state index contributed by atoms with van der Waals surface area (Å²) in [5.41, 5.74) is 1.23. The zero-order chi connectivity index (χ0) is 18.5. The SMILES string of the molecule is C[C@H](NC(=O)c1ccc(OCc2nccn2C)cc1)c1cccc(F)c1. The fourth-order valence-electron chi connectivity index (χ4n) is 2.53. The highest BCUT2D eigenvalue weighted by atomic mass is 19.1. The van der Waals surface area contributed by atoms with E-state index in [-0.39, 0.29) is 17.8 Å². The maximum Gasteiger partial charge on any atom is 0.251 e. The van der Waals surface area contributed by atoms with Gasteiger partial charge in [0.15, 0.2) is 0 Å². The van der Waals surface area contributed by atoms with Gasteiger partial charge in [-0.15, -0.1) is 0 Å². The van der Waals surface area contributed by atoms with Crippen LogP contribution in [0, 0.1) is 5.82 Å². The number of hydrogen-bond acceptors (Lipinski definition) is 3. The summed E-state index contributed by atoms with van der Waals surface area (Å²) in [6, 6.07) is 12.8. The maximum absolute atomic E-state index is 13.3. The monoisotopic (exact) mass is 353 g/mol. The van der Waals surface area contributed by atoms with Gasteiger partial charge in [0.25, 0.3) is 5.91 Å². The summed E-state index contributed by atoms with van der Waals surface area (Å²) >= 11 is 0. The lowest BCUT2D eigenvalue weighted by Gasteiger charge is -2.14. The maximum atomic E-state index is 13.3. The van der Waals surface area contributed by atoms with E-state index in [1.165, 1.54) is 12.1 Å². The number of ether oxygens (including phenoxy) is 1. The number of rotatable bonds is 6. The van der Waals surface area contributed by atoms with Crippen molar-refractivity contribution in [3.8, 4) is 5.75 Å². The quantitative estimate of drug-likeness (QED) is 0.736. The van der Waals surface area contributed by atoms with E-state index < -0.39 is 0 Å². The number of aromatic nitrogens is 2. The Morgan fingerprint density at radius 2 is 2.04 bits per heavy atom. The highest BCUT2D eigenvalue weighted by molar-refractivity contribution is 5.94. The van der Waals surface area contributed by atoms with E-state index in [9.17, 15) is 9.18 Å². The molecule has 0 saturated carbocycles. The number of carbonyl (C=O) groups is 1. The highest BCUT2D eigenvalue weighted by Crippen LogP contribution is 2.17. The number of imidazole rings is 1. The normalized spacial score (nSPS) is 11.8. The number of nitrogens with one attached hydrogen (secondary N) is 1. The fraction of sp³-hybridized carbons (Fsp3) is 0.200. The topological polar surface area (TPSA) is 56.1 Å². The Kier molecular flexibility index (Phi) is 5.31. The van der Waals surface area contributed by atoms with Crippen molar-refractivity contribution in [2.75, 3.05) is 0 Å². The largest absolute Gasteiger partial charge is 0.486 e. The zero-order valence-electron chi connectivity index (χ0n) is 14.6. The van der Waals surface area contributed by atoms with Gasteiger partial charge >= 0.3 is 0 Å². The second-order valence-electron chi connectivity index (χ2n) is 6.02. The van der Waals surface area contributed by atoms with Crippen molar-refractivity contribution in [1.82, 2.24) is 14.9 Å². The third-order valence-electron chi connectivity index (χ3n) is 4.10. The average Bonchev–Trinajstić information content (AvgIpc) is 3.05. The molecule has 2 aromatic carbocycles. The van der Waals surface area contributed by atoms with Gasteiger partial charge in [0.2, 0.25) is 0 Å². The second kappa shape index (κ2) is 7.82.